The van der Waals surface area contributed by atoms with Gasteiger partial charge < -0.3 is 9.73 Å². The highest BCUT2D eigenvalue weighted by Crippen LogP contribution is 2.28. The lowest BCUT2D eigenvalue weighted by atomic mass is 10.00. The fourth-order valence-corrected chi connectivity index (χ4v) is 2.94. The van der Waals surface area contributed by atoms with E-state index in [2.05, 4.69) is 20.8 Å². The number of hydrazine groups is 1. The van der Waals surface area contributed by atoms with Crippen molar-refractivity contribution < 1.29 is 23.2 Å². The summed E-state index contributed by atoms with van der Waals surface area (Å²) in [5, 5.41) is 7.11. The summed E-state index contributed by atoms with van der Waals surface area (Å²) in [5.74, 6) is -1.68. The van der Waals surface area contributed by atoms with Crippen molar-refractivity contribution >= 4 is 17.8 Å². The average Bonchev–Trinajstić information content (AvgIpc) is 3.40. The highest BCUT2D eigenvalue weighted by molar-refractivity contribution is 6.08. The van der Waals surface area contributed by atoms with E-state index in [0.29, 0.717) is 16.5 Å². The summed E-state index contributed by atoms with van der Waals surface area (Å²) in [6.07, 6.45) is 1.37. The molecule has 10 nitrogen and oxygen atoms in total. The minimum absolute atomic E-state index is 0.224. The zero-order valence-electron chi connectivity index (χ0n) is 15.3. The van der Waals surface area contributed by atoms with E-state index in [0.717, 1.165) is 0 Å². The zero-order valence-corrected chi connectivity index (χ0v) is 15.3. The Hall–Kier alpha value is -4.02. The zero-order chi connectivity index (χ0) is 20.8. The molecule has 29 heavy (non-hydrogen) atoms. The topological polar surface area (TPSA) is 122 Å². The summed E-state index contributed by atoms with van der Waals surface area (Å²) >= 11 is 0. The maximum atomic E-state index is 13.1. The molecule has 0 unspecified atom stereocenters. The second-order valence-corrected chi connectivity index (χ2v) is 6.48. The molecule has 0 saturated carbocycles. The van der Waals surface area contributed by atoms with Crippen LogP contribution in [0.3, 0.4) is 0 Å². The molecule has 0 aliphatic carbocycles. The van der Waals surface area contributed by atoms with E-state index in [4.69, 9.17) is 4.42 Å². The van der Waals surface area contributed by atoms with Crippen molar-refractivity contribution in [2.45, 2.75) is 19.4 Å². The van der Waals surface area contributed by atoms with Crippen LogP contribution in [0.1, 0.15) is 29.1 Å². The Morgan fingerprint density at radius 2 is 1.97 bits per heavy atom. The molecule has 3 heterocycles. The van der Waals surface area contributed by atoms with Crippen LogP contribution in [0.4, 0.5) is 9.18 Å². The van der Waals surface area contributed by atoms with Crippen molar-refractivity contribution in [3.05, 3.63) is 65.9 Å². The maximum absolute atomic E-state index is 13.1. The van der Waals surface area contributed by atoms with Crippen molar-refractivity contribution in [3.63, 3.8) is 0 Å². The Labute approximate surface area is 163 Å². The molecule has 0 spiro atoms. The van der Waals surface area contributed by atoms with Gasteiger partial charge in [-0.3, -0.25) is 9.59 Å². The molecule has 4 amide bonds. The fourth-order valence-electron chi connectivity index (χ4n) is 2.94. The third-order valence-corrected chi connectivity index (χ3v) is 4.46. The Kier molecular flexibility index (Phi) is 4.14. The predicted molar refractivity (Wildman–Crippen MR) is 95.0 cm³/mol. The number of benzene rings is 1. The standard InChI is InChI=1S/C18H15FN6O4/c1-10-20-14(22-24(10)12-7-5-11(19)6-8-12)15(26)23-25-16(27)18(2,21-17(25)28)13-4-3-9-29-13/h3-9H,1-2H3,(H,21,28)(H,23,26)/t18-/m0/s1. The smallest absolute Gasteiger partial charge is 0.344 e. The number of nitrogens with one attached hydrogen (secondary N) is 2. The van der Waals surface area contributed by atoms with Gasteiger partial charge in [0, 0.05) is 0 Å². The van der Waals surface area contributed by atoms with Crippen LogP contribution in [0.5, 0.6) is 0 Å². The number of hydrogen-bond donors (Lipinski definition) is 2. The molecule has 1 aromatic carbocycles. The summed E-state index contributed by atoms with van der Waals surface area (Å²) in [6, 6.07) is 7.75. The van der Waals surface area contributed by atoms with Crippen LogP contribution in [-0.2, 0) is 10.3 Å². The third kappa shape index (κ3) is 3.02. The summed E-state index contributed by atoms with van der Waals surface area (Å²) in [4.78, 5) is 41.5. The molecule has 1 saturated heterocycles. The van der Waals surface area contributed by atoms with Crippen molar-refractivity contribution in [2.24, 2.45) is 0 Å². The predicted octanol–water partition coefficient (Wildman–Crippen LogP) is 1.42. The minimum atomic E-state index is -1.45. The first kappa shape index (κ1) is 18.3. The molecule has 1 aliphatic rings. The molecular formula is C18H15FN6O4. The molecule has 3 aromatic rings. The van der Waals surface area contributed by atoms with E-state index >= 15 is 0 Å². The van der Waals surface area contributed by atoms with Crippen LogP contribution in [0.25, 0.3) is 5.69 Å². The van der Waals surface area contributed by atoms with Crippen LogP contribution in [0, 0.1) is 12.7 Å². The number of furan rings is 1. The molecular weight excluding hydrogens is 383 g/mol. The number of amides is 4. The Bertz CT molecular complexity index is 1110. The lowest BCUT2D eigenvalue weighted by molar-refractivity contribution is -0.133. The van der Waals surface area contributed by atoms with Crippen LogP contribution >= 0.6 is 0 Å². The first-order valence-electron chi connectivity index (χ1n) is 8.51. The highest BCUT2D eigenvalue weighted by Gasteiger charge is 2.52. The summed E-state index contributed by atoms with van der Waals surface area (Å²) in [7, 11) is 0. The van der Waals surface area contributed by atoms with Gasteiger partial charge in [0.15, 0.2) is 5.54 Å². The fraction of sp³-hybridized carbons (Fsp3) is 0.167. The molecule has 11 heteroatoms. The molecule has 1 atom stereocenters. The van der Waals surface area contributed by atoms with Crippen LogP contribution in [-0.4, -0.2) is 37.6 Å². The van der Waals surface area contributed by atoms with Gasteiger partial charge >= 0.3 is 11.9 Å². The van der Waals surface area contributed by atoms with Gasteiger partial charge in [-0.2, -0.15) is 5.01 Å². The van der Waals surface area contributed by atoms with Gasteiger partial charge in [0.1, 0.15) is 17.4 Å². The number of rotatable bonds is 4. The lowest BCUT2D eigenvalue weighted by Gasteiger charge is -2.18. The van der Waals surface area contributed by atoms with E-state index in [9.17, 15) is 18.8 Å². The number of carbonyl (C=O) groups excluding carboxylic acids is 3. The van der Waals surface area contributed by atoms with Crippen LogP contribution in [0.2, 0.25) is 0 Å². The van der Waals surface area contributed by atoms with Gasteiger partial charge in [-0.1, -0.05) is 0 Å². The second kappa shape index (κ2) is 6.55. The molecule has 2 N–H and O–H groups in total. The van der Waals surface area contributed by atoms with Crippen molar-refractivity contribution in [1.29, 1.82) is 0 Å². The van der Waals surface area contributed by atoms with Crippen LogP contribution < -0.4 is 10.7 Å². The van der Waals surface area contributed by atoms with E-state index in [1.54, 1.807) is 19.1 Å². The Balaban J connectivity index is 1.56. The minimum Gasteiger partial charge on any atom is -0.466 e. The van der Waals surface area contributed by atoms with Crippen LogP contribution in [0.15, 0.2) is 47.1 Å². The normalized spacial score (nSPS) is 18.8. The van der Waals surface area contributed by atoms with Gasteiger partial charge in [0.25, 0.3) is 5.91 Å². The SMILES string of the molecule is Cc1nc(C(=O)NN2C(=O)N[C@@](C)(c3ccco3)C2=O)nn1-c1ccc(F)cc1. The first-order chi connectivity index (χ1) is 13.8. The lowest BCUT2D eigenvalue weighted by Crippen LogP contribution is -2.48. The number of aryl methyl sites for hydroxylation is 1. The van der Waals surface area contributed by atoms with Gasteiger partial charge in [-0.25, -0.2) is 24.3 Å². The number of halogens is 1. The largest absolute Gasteiger partial charge is 0.466 e. The molecule has 4 rings (SSSR count). The van der Waals surface area contributed by atoms with E-state index in [-0.39, 0.29) is 11.6 Å². The number of urea groups is 1. The molecule has 0 radical (unpaired) electrons. The number of nitrogens with zero attached hydrogens (tertiary/aromatic N) is 4. The van der Waals surface area contributed by atoms with E-state index < -0.39 is 29.2 Å². The number of imide groups is 1. The quantitative estimate of drug-likeness (QED) is 0.641. The summed E-state index contributed by atoms with van der Waals surface area (Å²) < 4.78 is 19.7. The molecule has 0 bridgehead atoms. The van der Waals surface area contributed by atoms with Crippen molar-refractivity contribution in [1.82, 2.24) is 30.5 Å². The summed E-state index contributed by atoms with van der Waals surface area (Å²) in [6.45, 7) is 3.07. The van der Waals surface area contributed by atoms with Gasteiger partial charge in [0.05, 0.1) is 12.0 Å². The molecule has 1 aliphatic heterocycles. The average molecular weight is 398 g/mol. The maximum Gasteiger partial charge on any atom is 0.344 e. The summed E-state index contributed by atoms with van der Waals surface area (Å²) in [5.41, 5.74) is 1.25. The van der Waals surface area contributed by atoms with Crippen molar-refractivity contribution in [2.75, 3.05) is 0 Å². The van der Waals surface area contributed by atoms with Gasteiger partial charge in [-0.15, -0.1) is 5.10 Å². The van der Waals surface area contributed by atoms with Gasteiger partial charge in [-0.05, 0) is 50.2 Å². The first-order valence-corrected chi connectivity index (χ1v) is 8.51. The molecule has 148 valence electrons. The number of aromatic nitrogens is 3. The van der Waals surface area contributed by atoms with E-state index in [1.807, 2.05) is 0 Å². The number of carbonyl (C=O) groups is 3. The Morgan fingerprint density at radius 1 is 1.24 bits per heavy atom. The van der Waals surface area contributed by atoms with Crippen molar-refractivity contribution in [3.8, 4) is 5.69 Å². The molecule has 1 fully saturated rings. The van der Waals surface area contributed by atoms with E-state index in [1.165, 1.54) is 42.1 Å². The third-order valence-electron chi connectivity index (χ3n) is 4.46. The highest BCUT2D eigenvalue weighted by atomic mass is 19.1. The second-order valence-electron chi connectivity index (χ2n) is 6.48. The Morgan fingerprint density at radius 3 is 2.62 bits per heavy atom. The van der Waals surface area contributed by atoms with Gasteiger partial charge in [0.2, 0.25) is 5.82 Å². The number of hydrogen-bond acceptors (Lipinski definition) is 6. The monoisotopic (exact) mass is 398 g/mol. The molecule has 2 aromatic heterocycles.